The van der Waals surface area contributed by atoms with Crippen molar-refractivity contribution < 1.29 is 9.53 Å². The Kier molecular flexibility index (Phi) is 8.17. The third-order valence-electron chi connectivity index (χ3n) is 3.48. The molecule has 17 heavy (non-hydrogen) atoms. The lowest BCUT2D eigenvalue weighted by Crippen LogP contribution is -2.49. The Hall–Kier alpha value is -0.610. The summed E-state index contributed by atoms with van der Waals surface area (Å²) in [5, 5.41) is 6.28. The molecule has 0 saturated carbocycles. The number of rotatable bonds is 9. The molecule has 1 amide bonds. The molecule has 0 bridgehead atoms. The van der Waals surface area contributed by atoms with Crippen molar-refractivity contribution in [1.82, 2.24) is 10.6 Å². The predicted molar refractivity (Wildman–Crippen MR) is 71.1 cm³/mol. The van der Waals surface area contributed by atoms with Crippen molar-refractivity contribution in [3.63, 3.8) is 0 Å². The van der Waals surface area contributed by atoms with Crippen LogP contribution in [0.15, 0.2) is 0 Å². The van der Waals surface area contributed by atoms with Crippen LogP contribution in [0.5, 0.6) is 0 Å². The van der Waals surface area contributed by atoms with Crippen molar-refractivity contribution in [2.75, 3.05) is 20.3 Å². The first kappa shape index (κ1) is 16.4. The van der Waals surface area contributed by atoms with Crippen molar-refractivity contribution in [3.8, 4) is 0 Å². The van der Waals surface area contributed by atoms with Gasteiger partial charge in [-0.25, -0.2) is 0 Å². The Morgan fingerprint density at radius 3 is 2.18 bits per heavy atom. The molecule has 0 heterocycles. The summed E-state index contributed by atoms with van der Waals surface area (Å²) in [5.74, 6) is 0.0364. The molecule has 0 aliphatic heterocycles. The van der Waals surface area contributed by atoms with Crippen LogP contribution < -0.4 is 10.6 Å². The zero-order valence-electron chi connectivity index (χ0n) is 11.9. The van der Waals surface area contributed by atoms with Crippen LogP contribution in [0.4, 0.5) is 0 Å². The second-order valence-corrected chi connectivity index (χ2v) is 4.62. The van der Waals surface area contributed by atoms with Crippen LogP contribution in [-0.4, -0.2) is 37.7 Å². The molecule has 102 valence electrons. The summed E-state index contributed by atoms with van der Waals surface area (Å²) in [6, 6.07) is 0.0635. The normalized spacial score (nSPS) is 13.5. The van der Waals surface area contributed by atoms with E-state index >= 15 is 0 Å². The summed E-state index contributed by atoms with van der Waals surface area (Å²) in [6.45, 7) is 9.34. The molecule has 0 spiro atoms. The number of hydrogen-bond donors (Lipinski definition) is 2. The highest BCUT2D eigenvalue weighted by molar-refractivity contribution is 5.78. The van der Waals surface area contributed by atoms with Gasteiger partial charge in [0.15, 0.2) is 0 Å². The molecule has 4 nitrogen and oxygen atoms in total. The number of amides is 1. The van der Waals surface area contributed by atoms with Crippen LogP contribution in [0.1, 0.15) is 47.0 Å². The van der Waals surface area contributed by atoms with Gasteiger partial charge in [0.2, 0.25) is 5.91 Å². The lowest BCUT2D eigenvalue weighted by Gasteiger charge is -2.31. The molecule has 0 aliphatic carbocycles. The van der Waals surface area contributed by atoms with Crippen LogP contribution in [0.25, 0.3) is 0 Å². The second kappa shape index (κ2) is 8.48. The van der Waals surface area contributed by atoms with Crippen molar-refractivity contribution >= 4 is 5.91 Å². The smallest absolute Gasteiger partial charge is 0.234 e. The Morgan fingerprint density at radius 2 is 1.76 bits per heavy atom. The maximum atomic E-state index is 11.7. The highest BCUT2D eigenvalue weighted by Gasteiger charge is 2.23. The zero-order chi connectivity index (χ0) is 13.3. The molecular formula is C13H28N2O2. The van der Waals surface area contributed by atoms with Gasteiger partial charge in [-0.2, -0.15) is 0 Å². The van der Waals surface area contributed by atoms with E-state index in [0.717, 1.165) is 19.3 Å². The summed E-state index contributed by atoms with van der Waals surface area (Å²) < 4.78 is 4.98. The van der Waals surface area contributed by atoms with Crippen LogP contribution in [-0.2, 0) is 9.53 Å². The van der Waals surface area contributed by atoms with Gasteiger partial charge >= 0.3 is 0 Å². The Balaban J connectivity index is 4.04. The monoisotopic (exact) mass is 244 g/mol. The molecule has 0 aromatic heterocycles. The summed E-state index contributed by atoms with van der Waals surface area (Å²) >= 11 is 0. The first-order valence-electron chi connectivity index (χ1n) is 6.56. The largest absolute Gasteiger partial charge is 0.383 e. The summed E-state index contributed by atoms with van der Waals surface area (Å²) in [4.78, 5) is 11.7. The molecule has 1 atom stereocenters. The van der Waals surface area contributed by atoms with E-state index in [1.807, 2.05) is 6.92 Å². The first-order valence-corrected chi connectivity index (χ1v) is 6.56. The van der Waals surface area contributed by atoms with Crippen LogP contribution in [0.2, 0.25) is 0 Å². The van der Waals surface area contributed by atoms with Gasteiger partial charge < -0.3 is 15.4 Å². The number of ether oxygens (including phenoxy) is 1. The van der Waals surface area contributed by atoms with Crippen LogP contribution in [0, 0.1) is 0 Å². The molecule has 0 rings (SSSR count). The molecule has 0 saturated heterocycles. The molecular weight excluding hydrogens is 216 g/mol. The van der Waals surface area contributed by atoms with Gasteiger partial charge in [0, 0.05) is 18.7 Å². The van der Waals surface area contributed by atoms with E-state index in [1.54, 1.807) is 7.11 Å². The number of carbonyl (C=O) groups excluding carboxylic acids is 1. The third-order valence-corrected chi connectivity index (χ3v) is 3.48. The fourth-order valence-corrected chi connectivity index (χ4v) is 2.01. The van der Waals surface area contributed by atoms with Crippen molar-refractivity contribution in [2.24, 2.45) is 0 Å². The second-order valence-electron chi connectivity index (χ2n) is 4.62. The molecule has 0 radical (unpaired) electrons. The molecule has 1 unspecified atom stereocenters. The summed E-state index contributed by atoms with van der Waals surface area (Å²) in [5.41, 5.74) is 0.0990. The fraction of sp³-hybridized carbons (Fsp3) is 0.923. The summed E-state index contributed by atoms with van der Waals surface area (Å²) in [7, 11) is 1.64. The lowest BCUT2D eigenvalue weighted by molar-refractivity contribution is -0.121. The van der Waals surface area contributed by atoms with Crippen molar-refractivity contribution in [1.29, 1.82) is 0 Å². The molecule has 0 aromatic carbocycles. The number of nitrogens with one attached hydrogen (secondary N) is 2. The average molecular weight is 244 g/mol. The maximum Gasteiger partial charge on any atom is 0.234 e. The quantitative estimate of drug-likeness (QED) is 0.649. The van der Waals surface area contributed by atoms with Gasteiger partial charge in [-0.3, -0.25) is 4.79 Å². The Morgan fingerprint density at radius 1 is 1.24 bits per heavy atom. The van der Waals surface area contributed by atoms with E-state index in [4.69, 9.17) is 4.74 Å². The molecule has 4 heteroatoms. The molecule has 0 aromatic rings. The first-order chi connectivity index (χ1) is 8.03. The molecule has 0 aliphatic rings. The Bertz CT molecular complexity index is 207. The zero-order valence-corrected chi connectivity index (χ0v) is 11.9. The number of hydrogen-bond acceptors (Lipinski definition) is 3. The minimum atomic E-state index is 0.0364. The van der Waals surface area contributed by atoms with Crippen LogP contribution in [0.3, 0.4) is 0 Å². The van der Waals surface area contributed by atoms with Crippen molar-refractivity contribution in [3.05, 3.63) is 0 Å². The number of carbonyl (C=O) groups is 1. The van der Waals surface area contributed by atoms with Gasteiger partial charge in [0.25, 0.3) is 0 Å². The maximum absolute atomic E-state index is 11.7. The number of methoxy groups -OCH3 is 1. The topological polar surface area (TPSA) is 50.4 Å². The third kappa shape index (κ3) is 6.03. The standard InChI is InChI=1S/C13H28N2O2/c1-6-13(7-2,8-3)14-9-12(16)15-11(4)10-17-5/h11,14H,6-10H2,1-5H3,(H,15,16). The van der Waals surface area contributed by atoms with E-state index in [0.29, 0.717) is 13.2 Å². The highest BCUT2D eigenvalue weighted by atomic mass is 16.5. The minimum Gasteiger partial charge on any atom is -0.383 e. The van der Waals surface area contributed by atoms with E-state index < -0.39 is 0 Å². The van der Waals surface area contributed by atoms with Gasteiger partial charge in [-0.05, 0) is 26.2 Å². The predicted octanol–water partition coefficient (Wildman–Crippen LogP) is 1.70. The summed E-state index contributed by atoms with van der Waals surface area (Å²) in [6.07, 6.45) is 3.13. The minimum absolute atomic E-state index is 0.0364. The van der Waals surface area contributed by atoms with E-state index in [9.17, 15) is 4.79 Å². The van der Waals surface area contributed by atoms with E-state index in [-0.39, 0.29) is 17.5 Å². The average Bonchev–Trinajstić information content (AvgIpc) is 2.32. The van der Waals surface area contributed by atoms with Gasteiger partial charge in [-0.1, -0.05) is 20.8 Å². The van der Waals surface area contributed by atoms with Gasteiger partial charge in [0.05, 0.1) is 13.2 Å². The fourth-order valence-electron chi connectivity index (χ4n) is 2.01. The highest BCUT2D eigenvalue weighted by Crippen LogP contribution is 2.18. The van der Waals surface area contributed by atoms with Crippen molar-refractivity contribution in [2.45, 2.75) is 58.5 Å². The van der Waals surface area contributed by atoms with E-state index in [1.165, 1.54) is 0 Å². The van der Waals surface area contributed by atoms with E-state index in [2.05, 4.69) is 31.4 Å². The molecule has 0 fully saturated rings. The van der Waals surface area contributed by atoms with Gasteiger partial charge in [-0.15, -0.1) is 0 Å². The lowest BCUT2D eigenvalue weighted by atomic mass is 9.90. The molecule has 2 N–H and O–H groups in total. The Labute approximate surface area is 105 Å². The van der Waals surface area contributed by atoms with Gasteiger partial charge in [0.1, 0.15) is 0 Å². The SMILES string of the molecule is CCC(CC)(CC)NCC(=O)NC(C)COC. The van der Waals surface area contributed by atoms with Crippen LogP contribution >= 0.6 is 0 Å².